The van der Waals surface area contributed by atoms with Crippen LogP contribution in [0.15, 0.2) is 29.6 Å². The fourth-order valence-corrected chi connectivity index (χ4v) is 3.83. The van der Waals surface area contributed by atoms with Crippen molar-refractivity contribution in [1.29, 1.82) is 0 Å². The average Bonchev–Trinajstić information content (AvgIpc) is 3.10. The maximum Gasteiger partial charge on any atom is 0.223 e. The Morgan fingerprint density at radius 1 is 1.33 bits per heavy atom. The van der Waals surface area contributed by atoms with Gasteiger partial charge >= 0.3 is 0 Å². The van der Waals surface area contributed by atoms with Crippen molar-refractivity contribution in [2.24, 2.45) is 5.92 Å². The van der Waals surface area contributed by atoms with Crippen molar-refractivity contribution in [3.05, 3.63) is 34.7 Å². The van der Waals surface area contributed by atoms with Crippen LogP contribution in [0.2, 0.25) is 5.02 Å². The fraction of sp³-hybridized carbons (Fsp3) is 0.412. The van der Waals surface area contributed by atoms with Crippen molar-refractivity contribution >= 4 is 34.0 Å². The van der Waals surface area contributed by atoms with Gasteiger partial charge in [-0.3, -0.25) is 4.79 Å². The van der Waals surface area contributed by atoms with E-state index >= 15 is 0 Å². The molecule has 0 unspecified atom stereocenters. The highest BCUT2D eigenvalue weighted by Gasteiger charge is 2.26. The number of anilines is 1. The molecule has 1 aliphatic rings. The average molecular weight is 366 g/mol. The molecule has 0 aliphatic carbocycles. The van der Waals surface area contributed by atoms with Crippen LogP contribution in [0.5, 0.6) is 0 Å². The smallest absolute Gasteiger partial charge is 0.223 e. The molecule has 0 atom stereocenters. The van der Waals surface area contributed by atoms with E-state index in [-0.39, 0.29) is 18.4 Å². The Labute approximate surface area is 150 Å². The zero-order valence-electron chi connectivity index (χ0n) is 13.2. The van der Waals surface area contributed by atoms with Gasteiger partial charge in [-0.1, -0.05) is 23.7 Å². The Morgan fingerprint density at radius 3 is 2.71 bits per heavy atom. The van der Waals surface area contributed by atoms with E-state index in [1.807, 2.05) is 24.3 Å². The minimum Gasteiger partial charge on any atom is -0.395 e. The van der Waals surface area contributed by atoms with E-state index in [4.69, 9.17) is 21.7 Å². The molecule has 2 aromatic rings. The zero-order chi connectivity index (χ0) is 16.9. The minimum atomic E-state index is -0.0167. The number of hydrogen-bond donors (Lipinski definition) is 2. The van der Waals surface area contributed by atoms with Crippen molar-refractivity contribution in [3.8, 4) is 11.3 Å². The Kier molecular flexibility index (Phi) is 5.71. The van der Waals surface area contributed by atoms with E-state index in [1.165, 1.54) is 0 Å². The van der Waals surface area contributed by atoms with Gasteiger partial charge in [-0.15, -0.1) is 11.3 Å². The number of carbonyl (C=O) groups excluding carboxylic acids is 1. The molecule has 1 aromatic carbocycles. The number of piperidine rings is 1. The molecular weight excluding hydrogens is 346 g/mol. The first-order valence-corrected chi connectivity index (χ1v) is 9.28. The first kappa shape index (κ1) is 17.2. The number of aliphatic hydroxyl groups is 1. The van der Waals surface area contributed by atoms with Crippen molar-refractivity contribution in [2.75, 3.05) is 31.1 Å². The maximum absolute atomic E-state index is 12.0. The Hall–Kier alpha value is -1.63. The quantitative estimate of drug-likeness (QED) is 0.855. The number of aliphatic hydroxyl groups excluding tert-OH is 1. The number of nitrogens with zero attached hydrogens (tertiary/aromatic N) is 2. The van der Waals surface area contributed by atoms with Gasteiger partial charge in [0.05, 0.1) is 12.3 Å². The predicted octanol–water partition coefficient (Wildman–Crippen LogP) is 2.79. The van der Waals surface area contributed by atoms with Gasteiger partial charge in [-0.05, 0) is 25.0 Å². The van der Waals surface area contributed by atoms with E-state index in [0.29, 0.717) is 6.54 Å². The normalized spacial score (nSPS) is 15.5. The molecule has 5 nitrogen and oxygen atoms in total. The van der Waals surface area contributed by atoms with Crippen molar-refractivity contribution in [3.63, 3.8) is 0 Å². The molecule has 7 heteroatoms. The first-order valence-electron chi connectivity index (χ1n) is 8.02. The van der Waals surface area contributed by atoms with Gasteiger partial charge in [-0.2, -0.15) is 0 Å². The molecule has 1 amide bonds. The maximum atomic E-state index is 12.0. The largest absolute Gasteiger partial charge is 0.395 e. The van der Waals surface area contributed by atoms with Gasteiger partial charge < -0.3 is 15.3 Å². The van der Waals surface area contributed by atoms with E-state index in [1.54, 1.807) is 11.3 Å². The molecule has 3 rings (SSSR count). The lowest BCUT2D eigenvalue weighted by Gasteiger charge is -2.31. The lowest BCUT2D eigenvalue weighted by molar-refractivity contribution is -0.125. The third kappa shape index (κ3) is 4.06. The molecule has 0 spiro atoms. The highest BCUT2D eigenvalue weighted by Crippen LogP contribution is 2.30. The third-order valence-corrected chi connectivity index (χ3v) is 5.33. The number of rotatable bonds is 5. The summed E-state index contributed by atoms with van der Waals surface area (Å²) in [7, 11) is 0. The molecule has 2 heterocycles. The topological polar surface area (TPSA) is 65.5 Å². The number of amides is 1. The van der Waals surface area contributed by atoms with E-state index in [9.17, 15) is 4.79 Å². The van der Waals surface area contributed by atoms with E-state index in [2.05, 4.69) is 15.6 Å². The fourth-order valence-electron chi connectivity index (χ4n) is 2.82. The second-order valence-electron chi connectivity index (χ2n) is 5.80. The molecule has 1 aromatic heterocycles. The number of thiazole rings is 1. The molecule has 1 fully saturated rings. The molecule has 128 valence electrons. The van der Waals surface area contributed by atoms with Crippen molar-refractivity contribution in [1.82, 2.24) is 10.3 Å². The Morgan fingerprint density at radius 2 is 2.04 bits per heavy atom. The SMILES string of the molecule is O=C(NCCO)C1CCN(c2nc(-c3ccc(Cl)cc3)cs2)CC1. The minimum absolute atomic E-state index is 0.0167. The molecule has 24 heavy (non-hydrogen) atoms. The summed E-state index contributed by atoms with van der Waals surface area (Å²) in [6.45, 7) is 1.96. The van der Waals surface area contributed by atoms with Crippen molar-refractivity contribution in [2.45, 2.75) is 12.8 Å². The summed E-state index contributed by atoms with van der Waals surface area (Å²) in [5.74, 6) is 0.0770. The summed E-state index contributed by atoms with van der Waals surface area (Å²) in [6.07, 6.45) is 1.63. The van der Waals surface area contributed by atoms with Crippen LogP contribution < -0.4 is 10.2 Å². The Bertz CT molecular complexity index is 681. The second kappa shape index (κ2) is 7.96. The first-order chi connectivity index (χ1) is 11.7. The third-order valence-electron chi connectivity index (χ3n) is 4.18. The summed E-state index contributed by atoms with van der Waals surface area (Å²) in [6, 6.07) is 7.68. The zero-order valence-corrected chi connectivity index (χ0v) is 14.8. The van der Waals surface area contributed by atoms with Crippen molar-refractivity contribution < 1.29 is 9.90 Å². The van der Waals surface area contributed by atoms with Crippen LogP contribution in [0.1, 0.15) is 12.8 Å². The molecule has 0 bridgehead atoms. The standard InChI is InChI=1S/C17H20ClN3O2S/c18-14-3-1-12(2-4-14)15-11-24-17(20-15)21-8-5-13(6-9-21)16(23)19-7-10-22/h1-4,11,13,22H,5-10H2,(H,19,23). The summed E-state index contributed by atoms with van der Waals surface area (Å²) < 4.78 is 0. The van der Waals surface area contributed by atoms with Crippen LogP contribution >= 0.6 is 22.9 Å². The summed E-state index contributed by atoms with van der Waals surface area (Å²) in [5, 5.41) is 15.3. The van der Waals surface area contributed by atoms with Crippen LogP contribution in [0, 0.1) is 5.92 Å². The van der Waals surface area contributed by atoms with Gasteiger partial charge in [0.1, 0.15) is 0 Å². The van der Waals surface area contributed by atoms with Gasteiger partial charge in [-0.25, -0.2) is 4.98 Å². The monoisotopic (exact) mass is 365 g/mol. The second-order valence-corrected chi connectivity index (χ2v) is 7.07. The highest BCUT2D eigenvalue weighted by molar-refractivity contribution is 7.14. The molecule has 0 radical (unpaired) electrons. The number of hydrogen-bond acceptors (Lipinski definition) is 5. The van der Waals surface area contributed by atoms with Crippen LogP contribution in [-0.4, -0.2) is 42.2 Å². The number of halogens is 1. The van der Waals surface area contributed by atoms with Gasteiger partial charge in [0.2, 0.25) is 5.91 Å². The molecule has 1 aliphatic heterocycles. The van der Waals surface area contributed by atoms with Crippen LogP contribution in [0.3, 0.4) is 0 Å². The van der Waals surface area contributed by atoms with Gasteiger partial charge in [0, 0.05) is 41.5 Å². The molecular formula is C17H20ClN3O2S. The van der Waals surface area contributed by atoms with Gasteiger partial charge in [0.15, 0.2) is 5.13 Å². The summed E-state index contributed by atoms with van der Waals surface area (Å²) in [4.78, 5) is 18.9. The number of carbonyl (C=O) groups is 1. The number of aromatic nitrogens is 1. The molecule has 0 saturated carbocycles. The lowest BCUT2D eigenvalue weighted by Crippen LogP contribution is -2.41. The van der Waals surface area contributed by atoms with E-state index < -0.39 is 0 Å². The summed E-state index contributed by atoms with van der Waals surface area (Å²) in [5.41, 5.74) is 2.01. The number of nitrogens with one attached hydrogen (secondary N) is 1. The Balaban J connectivity index is 1.59. The van der Waals surface area contributed by atoms with Crippen LogP contribution in [0.4, 0.5) is 5.13 Å². The van der Waals surface area contributed by atoms with E-state index in [0.717, 1.165) is 47.3 Å². The number of benzene rings is 1. The van der Waals surface area contributed by atoms with Crippen LogP contribution in [0.25, 0.3) is 11.3 Å². The highest BCUT2D eigenvalue weighted by atomic mass is 35.5. The predicted molar refractivity (Wildman–Crippen MR) is 97.6 cm³/mol. The molecule has 2 N–H and O–H groups in total. The lowest BCUT2D eigenvalue weighted by atomic mass is 9.96. The van der Waals surface area contributed by atoms with Gasteiger partial charge in [0.25, 0.3) is 0 Å². The summed E-state index contributed by atoms with van der Waals surface area (Å²) >= 11 is 7.55. The van der Waals surface area contributed by atoms with Crippen LogP contribution in [-0.2, 0) is 4.79 Å². The molecule has 1 saturated heterocycles.